The number of hydrogen-bond donors (Lipinski definition) is 2. The molecule has 0 spiro atoms. The van der Waals surface area contributed by atoms with E-state index in [1.807, 2.05) is 13.8 Å². The number of rotatable bonds is 5. The number of carbonyl (C=O) groups is 1. The summed E-state index contributed by atoms with van der Waals surface area (Å²) in [6.45, 7) is 7.41. The van der Waals surface area contributed by atoms with Gasteiger partial charge in [0.2, 0.25) is 5.91 Å². The summed E-state index contributed by atoms with van der Waals surface area (Å²) < 4.78 is 0. The molecule has 0 fully saturated rings. The molecule has 3 nitrogen and oxygen atoms in total. The minimum absolute atomic E-state index is 0.00301. The average Bonchev–Trinajstić information content (AvgIpc) is 2.03. The molecule has 0 aromatic rings. The molecule has 0 rings (SSSR count). The van der Waals surface area contributed by atoms with E-state index >= 15 is 0 Å². The van der Waals surface area contributed by atoms with Crippen molar-refractivity contribution >= 4 is 5.91 Å². The molecule has 3 N–H and O–H groups in total. The lowest BCUT2D eigenvalue weighted by molar-refractivity contribution is -0.121. The first kappa shape index (κ1) is 11.2. The lowest BCUT2D eigenvalue weighted by atomic mass is 10.1. The topological polar surface area (TPSA) is 55.1 Å². The van der Waals surface area contributed by atoms with E-state index < -0.39 is 0 Å². The van der Waals surface area contributed by atoms with Crippen molar-refractivity contribution in [2.45, 2.75) is 38.8 Å². The Morgan fingerprint density at radius 1 is 1.75 bits per heavy atom. The molecule has 0 aromatic heterocycles. The van der Waals surface area contributed by atoms with Crippen LogP contribution in [0.15, 0.2) is 12.7 Å². The van der Waals surface area contributed by atoms with E-state index in [1.165, 1.54) is 0 Å². The lowest BCUT2D eigenvalue weighted by Gasteiger charge is -2.11. The SMILES string of the molecule is C=CC(C)NC(=O)CC(N)CC. The largest absolute Gasteiger partial charge is 0.350 e. The van der Waals surface area contributed by atoms with Gasteiger partial charge < -0.3 is 11.1 Å². The van der Waals surface area contributed by atoms with Gasteiger partial charge in [-0.1, -0.05) is 13.0 Å². The molecule has 0 bridgehead atoms. The summed E-state index contributed by atoms with van der Waals surface area (Å²) in [5.74, 6) is -0.00301. The number of amides is 1. The van der Waals surface area contributed by atoms with Gasteiger partial charge in [0.1, 0.15) is 0 Å². The van der Waals surface area contributed by atoms with Crippen molar-refractivity contribution < 1.29 is 4.79 Å². The van der Waals surface area contributed by atoms with Gasteiger partial charge in [-0.05, 0) is 13.3 Å². The van der Waals surface area contributed by atoms with Gasteiger partial charge in [-0.25, -0.2) is 0 Å². The van der Waals surface area contributed by atoms with Gasteiger partial charge in [-0.15, -0.1) is 6.58 Å². The van der Waals surface area contributed by atoms with Gasteiger partial charge >= 0.3 is 0 Å². The predicted octanol–water partition coefficient (Wildman–Crippen LogP) is 0.804. The molecule has 0 radical (unpaired) electrons. The highest BCUT2D eigenvalue weighted by atomic mass is 16.1. The second-order valence-corrected chi connectivity index (χ2v) is 2.96. The third-order valence-electron chi connectivity index (χ3n) is 1.71. The van der Waals surface area contributed by atoms with Crippen LogP contribution < -0.4 is 11.1 Å². The second kappa shape index (κ2) is 5.77. The van der Waals surface area contributed by atoms with Crippen LogP contribution in [0.2, 0.25) is 0 Å². The highest BCUT2D eigenvalue weighted by molar-refractivity contribution is 5.77. The van der Waals surface area contributed by atoms with Gasteiger partial charge in [0, 0.05) is 18.5 Å². The van der Waals surface area contributed by atoms with Crippen molar-refractivity contribution in [3.05, 3.63) is 12.7 Å². The summed E-state index contributed by atoms with van der Waals surface area (Å²) in [5, 5.41) is 2.76. The van der Waals surface area contributed by atoms with Gasteiger partial charge in [0.05, 0.1) is 0 Å². The Kier molecular flexibility index (Phi) is 5.37. The Hall–Kier alpha value is -0.830. The van der Waals surface area contributed by atoms with E-state index in [2.05, 4.69) is 11.9 Å². The molecule has 0 saturated carbocycles. The van der Waals surface area contributed by atoms with E-state index in [1.54, 1.807) is 6.08 Å². The van der Waals surface area contributed by atoms with Crippen LogP contribution in [0.4, 0.5) is 0 Å². The summed E-state index contributed by atoms with van der Waals surface area (Å²) in [4.78, 5) is 11.1. The van der Waals surface area contributed by atoms with Gasteiger partial charge in [-0.2, -0.15) is 0 Å². The molecular weight excluding hydrogens is 152 g/mol. The fourth-order valence-electron chi connectivity index (χ4n) is 0.754. The van der Waals surface area contributed by atoms with E-state index in [4.69, 9.17) is 5.73 Å². The molecule has 0 aliphatic carbocycles. The number of carbonyl (C=O) groups excluding carboxylic acids is 1. The Labute approximate surface area is 74.0 Å². The van der Waals surface area contributed by atoms with Crippen molar-refractivity contribution in [3.8, 4) is 0 Å². The van der Waals surface area contributed by atoms with Gasteiger partial charge in [0.15, 0.2) is 0 Å². The number of nitrogens with one attached hydrogen (secondary N) is 1. The first-order valence-electron chi connectivity index (χ1n) is 4.27. The minimum Gasteiger partial charge on any atom is -0.350 e. The maximum Gasteiger partial charge on any atom is 0.222 e. The Balaban J connectivity index is 3.66. The summed E-state index contributed by atoms with van der Waals surface area (Å²) in [6.07, 6.45) is 2.92. The van der Waals surface area contributed by atoms with E-state index in [-0.39, 0.29) is 18.0 Å². The van der Waals surface area contributed by atoms with Crippen molar-refractivity contribution in [2.24, 2.45) is 5.73 Å². The third-order valence-corrected chi connectivity index (χ3v) is 1.71. The summed E-state index contributed by atoms with van der Waals surface area (Å²) in [5.41, 5.74) is 5.60. The highest BCUT2D eigenvalue weighted by Gasteiger charge is 2.08. The van der Waals surface area contributed by atoms with Crippen LogP contribution in [0, 0.1) is 0 Å². The zero-order valence-corrected chi connectivity index (χ0v) is 7.84. The van der Waals surface area contributed by atoms with Gasteiger partial charge in [0.25, 0.3) is 0 Å². The first-order chi connectivity index (χ1) is 5.60. The van der Waals surface area contributed by atoms with E-state index in [0.29, 0.717) is 6.42 Å². The summed E-state index contributed by atoms with van der Waals surface area (Å²) >= 11 is 0. The van der Waals surface area contributed by atoms with Crippen LogP contribution in [-0.2, 0) is 4.79 Å². The molecule has 2 unspecified atom stereocenters. The summed E-state index contributed by atoms with van der Waals surface area (Å²) in [7, 11) is 0. The van der Waals surface area contributed by atoms with Crippen molar-refractivity contribution in [1.82, 2.24) is 5.32 Å². The highest BCUT2D eigenvalue weighted by Crippen LogP contribution is 1.94. The monoisotopic (exact) mass is 170 g/mol. The van der Waals surface area contributed by atoms with Crippen LogP contribution in [-0.4, -0.2) is 18.0 Å². The zero-order valence-electron chi connectivity index (χ0n) is 7.84. The van der Waals surface area contributed by atoms with Crippen LogP contribution in [0.3, 0.4) is 0 Å². The molecule has 3 heteroatoms. The van der Waals surface area contributed by atoms with E-state index in [9.17, 15) is 4.79 Å². The Morgan fingerprint density at radius 3 is 2.75 bits per heavy atom. The molecule has 12 heavy (non-hydrogen) atoms. The van der Waals surface area contributed by atoms with Crippen molar-refractivity contribution in [2.75, 3.05) is 0 Å². The normalized spacial score (nSPS) is 14.9. The molecule has 0 aliphatic heterocycles. The molecule has 0 aromatic carbocycles. The number of hydrogen-bond acceptors (Lipinski definition) is 2. The summed E-state index contributed by atoms with van der Waals surface area (Å²) in [6, 6.07) is 0.00331. The molecule has 1 amide bonds. The van der Waals surface area contributed by atoms with Crippen molar-refractivity contribution in [3.63, 3.8) is 0 Å². The second-order valence-electron chi connectivity index (χ2n) is 2.96. The standard InChI is InChI=1S/C9H18N2O/c1-4-7(3)11-9(12)6-8(10)5-2/h4,7-8H,1,5-6,10H2,2-3H3,(H,11,12). The number of nitrogens with two attached hydrogens (primary N) is 1. The quantitative estimate of drug-likeness (QED) is 0.600. The molecule has 2 atom stereocenters. The maximum atomic E-state index is 11.1. The minimum atomic E-state index is -0.0259. The Morgan fingerprint density at radius 2 is 2.33 bits per heavy atom. The van der Waals surface area contributed by atoms with Gasteiger partial charge in [-0.3, -0.25) is 4.79 Å². The molecule has 0 saturated heterocycles. The predicted molar refractivity (Wildman–Crippen MR) is 50.7 cm³/mol. The fraction of sp³-hybridized carbons (Fsp3) is 0.667. The molecule has 0 heterocycles. The van der Waals surface area contributed by atoms with Crippen LogP contribution >= 0.6 is 0 Å². The lowest BCUT2D eigenvalue weighted by Crippen LogP contribution is -2.35. The van der Waals surface area contributed by atoms with Crippen molar-refractivity contribution in [1.29, 1.82) is 0 Å². The van der Waals surface area contributed by atoms with Crippen LogP contribution in [0.1, 0.15) is 26.7 Å². The molecule has 0 aliphatic rings. The first-order valence-corrected chi connectivity index (χ1v) is 4.27. The van der Waals surface area contributed by atoms with Crippen LogP contribution in [0.25, 0.3) is 0 Å². The average molecular weight is 170 g/mol. The zero-order chi connectivity index (χ0) is 9.56. The fourth-order valence-corrected chi connectivity index (χ4v) is 0.754. The van der Waals surface area contributed by atoms with E-state index in [0.717, 1.165) is 6.42 Å². The van der Waals surface area contributed by atoms with Crippen LogP contribution in [0.5, 0.6) is 0 Å². The maximum absolute atomic E-state index is 11.1. The molecular formula is C9H18N2O. The Bertz CT molecular complexity index is 157. The third kappa shape index (κ3) is 4.91. The molecule has 70 valence electrons. The smallest absolute Gasteiger partial charge is 0.222 e.